The Morgan fingerprint density at radius 3 is 2.20 bits per heavy atom. The van der Waals surface area contributed by atoms with Gasteiger partial charge in [0.25, 0.3) is 0 Å². The second-order valence-electron chi connectivity index (χ2n) is 7.52. The molecule has 1 saturated heterocycles. The molecule has 0 amide bonds. The smallest absolute Gasteiger partial charge is 0.243 e. The first-order valence-electron chi connectivity index (χ1n) is 8.45. The Labute approximate surface area is 150 Å². The maximum atomic E-state index is 13.2. The highest BCUT2D eigenvalue weighted by Crippen LogP contribution is 2.45. The van der Waals surface area contributed by atoms with Gasteiger partial charge in [0.1, 0.15) is 5.75 Å². The summed E-state index contributed by atoms with van der Waals surface area (Å²) in [6.45, 7) is 6.71. The molecule has 5 heteroatoms. The van der Waals surface area contributed by atoms with E-state index in [1.165, 1.54) is 0 Å². The summed E-state index contributed by atoms with van der Waals surface area (Å²) in [5.74, 6) is 0.772. The first-order chi connectivity index (χ1) is 11.7. The van der Waals surface area contributed by atoms with Crippen LogP contribution in [0.3, 0.4) is 0 Å². The highest BCUT2D eigenvalue weighted by molar-refractivity contribution is 7.89. The molecule has 2 aromatic carbocycles. The van der Waals surface area contributed by atoms with Crippen LogP contribution < -0.4 is 4.74 Å². The number of rotatable bonds is 4. The predicted octanol–water partition coefficient (Wildman–Crippen LogP) is 4.17. The van der Waals surface area contributed by atoms with Crippen molar-refractivity contribution in [1.82, 2.24) is 4.31 Å². The van der Waals surface area contributed by atoms with Gasteiger partial charge in [-0.1, -0.05) is 43.7 Å². The SMILES string of the molecule is COc1ccc(C2CC(C)(C)CN2S(=O)(=O)c2ccc(C)cc2)cc1. The summed E-state index contributed by atoms with van der Waals surface area (Å²) in [6, 6.07) is 14.6. The largest absolute Gasteiger partial charge is 0.497 e. The summed E-state index contributed by atoms with van der Waals surface area (Å²) in [4.78, 5) is 0.356. The van der Waals surface area contributed by atoms with E-state index in [0.29, 0.717) is 11.4 Å². The fourth-order valence-electron chi connectivity index (χ4n) is 3.43. The van der Waals surface area contributed by atoms with Gasteiger partial charge in [0.15, 0.2) is 0 Å². The molecule has 1 heterocycles. The number of aryl methyl sites for hydroxylation is 1. The normalized spacial score (nSPS) is 20.6. The lowest BCUT2D eigenvalue weighted by Gasteiger charge is -2.24. The van der Waals surface area contributed by atoms with Crippen molar-refractivity contribution in [3.05, 3.63) is 59.7 Å². The van der Waals surface area contributed by atoms with E-state index in [9.17, 15) is 8.42 Å². The van der Waals surface area contributed by atoms with Crippen LogP contribution in [-0.4, -0.2) is 26.4 Å². The van der Waals surface area contributed by atoms with Crippen LogP contribution in [0.15, 0.2) is 53.4 Å². The lowest BCUT2D eigenvalue weighted by atomic mass is 9.89. The molecule has 0 saturated carbocycles. The van der Waals surface area contributed by atoms with Crippen LogP contribution in [0.1, 0.15) is 37.4 Å². The number of hydrogen-bond donors (Lipinski definition) is 0. The average Bonchev–Trinajstić information content (AvgIpc) is 2.92. The van der Waals surface area contributed by atoms with Crippen LogP contribution in [0.25, 0.3) is 0 Å². The molecular weight excluding hydrogens is 334 g/mol. The van der Waals surface area contributed by atoms with E-state index in [0.717, 1.165) is 23.3 Å². The molecule has 4 nitrogen and oxygen atoms in total. The molecule has 1 atom stereocenters. The highest BCUT2D eigenvalue weighted by atomic mass is 32.2. The Hall–Kier alpha value is -1.85. The summed E-state index contributed by atoms with van der Waals surface area (Å²) < 4.78 is 33.4. The van der Waals surface area contributed by atoms with Crippen molar-refractivity contribution in [3.8, 4) is 5.75 Å². The first kappa shape index (κ1) is 18.0. The van der Waals surface area contributed by atoms with E-state index in [2.05, 4.69) is 13.8 Å². The van der Waals surface area contributed by atoms with Crippen molar-refractivity contribution in [1.29, 1.82) is 0 Å². The summed E-state index contributed by atoms with van der Waals surface area (Å²) in [7, 11) is -1.91. The Balaban J connectivity index is 2.00. The molecule has 0 aliphatic carbocycles. The lowest BCUT2D eigenvalue weighted by Crippen LogP contribution is -2.32. The minimum absolute atomic E-state index is 0.0671. The third kappa shape index (κ3) is 3.58. The monoisotopic (exact) mass is 359 g/mol. The van der Waals surface area contributed by atoms with Crippen molar-refractivity contribution in [3.63, 3.8) is 0 Å². The van der Waals surface area contributed by atoms with E-state index < -0.39 is 10.0 Å². The van der Waals surface area contributed by atoms with Gasteiger partial charge >= 0.3 is 0 Å². The van der Waals surface area contributed by atoms with Gasteiger partial charge in [-0.05, 0) is 48.6 Å². The molecule has 1 aliphatic rings. The Kier molecular flexibility index (Phi) is 4.64. The summed E-state index contributed by atoms with van der Waals surface area (Å²) in [5, 5.41) is 0. The number of hydrogen-bond acceptors (Lipinski definition) is 3. The summed E-state index contributed by atoms with van der Waals surface area (Å²) in [6.07, 6.45) is 0.796. The number of methoxy groups -OCH3 is 1. The third-order valence-corrected chi connectivity index (χ3v) is 6.67. The molecule has 0 bridgehead atoms. The molecule has 1 unspecified atom stereocenters. The molecule has 1 aliphatic heterocycles. The second kappa shape index (κ2) is 6.46. The van der Waals surface area contributed by atoms with Crippen LogP contribution in [0, 0.1) is 12.3 Å². The maximum Gasteiger partial charge on any atom is 0.243 e. The number of benzene rings is 2. The quantitative estimate of drug-likeness (QED) is 0.823. The zero-order chi connectivity index (χ0) is 18.2. The fourth-order valence-corrected chi connectivity index (χ4v) is 5.23. The van der Waals surface area contributed by atoms with E-state index in [1.807, 2.05) is 43.3 Å². The Morgan fingerprint density at radius 1 is 1.04 bits per heavy atom. The zero-order valence-corrected chi connectivity index (χ0v) is 16.0. The Morgan fingerprint density at radius 2 is 1.64 bits per heavy atom. The minimum atomic E-state index is -3.54. The van der Waals surface area contributed by atoms with Crippen LogP contribution in [0.4, 0.5) is 0 Å². The van der Waals surface area contributed by atoms with Gasteiger partial charge in [-0.3, -0.25) is 0 Å². The van der Waals surface area contributed by atoms with Crippen LogP contribution in [0.5, 0.6) is 5.75 Å². The van der Waals surface area contributed by atoms with Gasteiger partial charge in [0.05, 0.1) is 18.0 Å². The molecule has 3 rings (SSSR count). The van der Waals surface area contributed by atoms with E-state index in [4.69, 9.17) is 4.74 Å². The molecular formula is C20H25NO3S. The van der Waals surface area contributed by atoms with Gasteiger partial charge in [0, 0.05) is 6.54 Å². The first-order valence-corrected chi connectivity index (χ1v) is 9.89. The predicted molar refractivity (Wildman–Crippen MR) is 99.2 cm³/mol. The maximum absolute atomic E-state index is 13.2. The minimum Gasteiger partial charge on any atom is -0.497 e. The summed E-state index contributed by atoms with van der Waals surface area (Å²) >= 11 is 0. The van der Waals surface area contributed by atoms with Crippen LogP contribution in [0.2, 0.25) is 0 Å². The van der Waals surface area contributed by atoms with E-state index >= 15 is 0 Å². The van der Waals surface area contributed by atoms with Gasteiger partial charge in [0.2, 0.25) is 10.0 Å². The fraction of sp³-hybridized carbons (Fsp3) is 0.400. The number of sulfonamides is 1. The van der Waals surface area contributed by atoms with Gasteiger partial charge in [-0.25, -0.2) is 8.42 Å². The molecule has 1 fully saturated rings. The van der Waals surface area contributed by atoms with E-state index in [-0.39, 0.29) is 11.5 Å². The molecule has 0 aromatic heterocycles. The van der Waals surface area contributed by atoms with Crippen molar-refractivity contribution >= 4 is 10.0 Å². The molecule has 0 N–H and O–H groups in total. The second-order valence-corrected chi connectivity index (χ2v) is 9.41. The van der Waals surface area contributed by atoms with Crippen molar-refractivity contribution in [2.24, 2.45) is 5.41 Å². The number of ether oxygens (including phenoxy) is 1. The molecule has 2 aromatic rings. The van der Waals surface area contributed by atoms with Gasteiger partial charge in [-0.2, -0.15) is 4.31 Å². The van der Waals surface area contributed by atoms with Crippen molar-refractivity contribution in [2.75, 3.05) is 13.7 Å². The zero-order valence-electron chi connectivity index (χ0n) is 15.2. The van der Waals surface area contributed by atoms with Crippen molar-refractivity contribution in [2.45, 2.75) is 38.1 Å². The third-order valence-electron chi connectivity index (χ3n) is 4.81. The standard InChI is InChI=1S/C20H25NO3S/c1-15-5-11-18(12-6-15)25(22,23)21-14-20(2,3)13-19(21)16-7-9-17(24-4)10-8-16/h5-12,19H,13-14H2,1-4H3. The van der Waals surface area contributed by atoms with E-state index in [1.54, 1.807) is 23.5 Å². The Bertz CT molecular complexity index is 840. The van der Waals surface area contributed by atoms with Gasteiger partial charge < -0.3 is 4.74 Å². The molecule has 25 heavy (non-hydrogen) atoms. The highest BCUT2D eigenvalue weighted by Gasteiger charge is 2.44. The summed E-state index contributed by atoms with van der Waals surface area (Å²) in [5.41, 5.74) is 1.98. The van der Waals surface area contributed by atoms with Gasteiger partial charge in [-0.15, -0.1) is 0 Å². The lowest BCUT2D eigenvalue weighted by molar-refractivity contribution is 0.368. The van der Waals surface area contributed by atoms with Crippen LogP contribution in [-0.2, 0) is 10.0 Å². The molecule has 134 valence electrons. The van der Waals surface area contributed by atoms with Crippen LogP contribution >= 0.6 is 0 Å². The average molecular weight is 359 g/mol. The number of nitrogens with zero attached hydrogens (tertiary/aromatic N) is 1. The molecule has 0 spiro atoms. The van der Waals surface area contributed by atoms with Crippen molar-refractivity contribution < 1.29 is 13.2 Å². The molecule has 0 radical (unpaired) electrons. The topological polar surface area (TPSA) is 46.6 Å².